The normalized spacial score (nSPS) is 10.6. The molecule has 31 heavy (non-hydrogen) atoms. The van der Waals surface area contributed by atoms with Gasteiger partial charge in [-0.25, -0.2) is 4.79 Å². The Morgan fingerprint density at radius 2 is 1.77 bits per heavy atom. The smallest absolute Gasteiger partial charge is 0.339 e. The highest BCUT2D eigenvalue weighted by Gasteiger charge is 2.14. The zero-order chi connectivity index (χ0) is 22.1. The number of amides is 2. The van der Waals surface area contributed by atoms with E-state index in [4.69, 9.17) is 4.74 Å². The van der Waals surface area contributed by atoms with Crippen molar-refractivity contribution in [2.45, 2.75) is 4.34 Å². The molecule has 2 aromatic carbocycles. The van der Waals surface area contributed by atoms with E-state index in [2.05, 4.69) is 20.8 Å². The number of thioether (sulfide) groups is 1. The summed E-state index contributed by atoms with van der Waals surface area (Å²) in [6.45, 7) is 0. The Balaban J connectivity index is 1.50. The van der Waals surface area contributed by atoms with Crippen LogP contribution in [0.15, 0.2) is 65.0 Å². The lowest BCUT2D eigenvalue weighted by molar-refractivity contribution is -0.114. The fourth-order valence-electron chi connectivity index (χ4n) is 2.40. The first kappa shape index (κ1) is 22.2. The number of nitrogens with zero attached hydrogens (tertiary/aromatic N) is 2. The van der Waals surface area contributed by atoms with Gasteiger partial charge in [-0.3, -0.25) is 14.9 Å². The molecule has 0 unspecified atom stereocenters. The van der Waals surface area contributed by atoms with Crippen LogP contribution in [0.2, 0.25) is 0 Å². The number of ether oxygens (including phenoxy) is 1. The summed E-state index contributed by atoms with van der Waals surface area (Å²) >= 11 is 2.34. The third kappa shape index (κ3) is 6.76. The Kier molecular flexibility index (Phi) is 7.91. The highest BCUT2D eigenvalue weighted by atomic mass is 32.2. The van der Waals surface area contributed by atoms with Gasteiger partial charge in [0.25, 0.3) is 0 Å². The van der Waals surface area contributed by atoms with Crippen molar-refractivity contribution in [3.05, 3.63) is 71.8 Å². The fraction of sp³-hybridized carbons (Fsp3) is 0.0952. The Labute approximate surface area is 186 Å². The van der Waals surface area contributed by atoms with Gasteiger partial charge in [0.05, 0.1) is 24.1 Å². The van der Waals surface area contributed by atoms with Crippen LogP contribution in [0.25, 0.3) is 6.08 Å². The van der Waals surface area contributed by atoms with E-state index >= 15 is 0 Å². The van der Waals surface area contributed by atoms with E-state index in [1.165, 1.54) is 24.9 Å². The van der Waals surface area contributed by atoms with Crippen molar-refractivity contribution in [3.63, 3.8) is 0 Å². The van der Waals surface area contributed by atoms with Crippen molar-refractivity contribution < 1.29 is 19.1 Å². The average molecular weight is 455 g/mol. The number of carbonyl (C=O) groups excluding carboxylic acids is 3. The molecule has 158 valence electrons. The van der Waals surface area contributed by atoms with Crippen LogP contribution in [-0.4, -0.2) is 40.8 Å². The molecule has 2 amide bonds. The van der Waals surface area contributed by atoms with Crippen LogP contribution >= 0.6 is 23.1 Å². The molecule has 0 aliphatic carbocycles. The lowest BCUT2D eigenvalue weighted by Gasteiger charge is -2.08. The zero-order valence-corrected chi connectivity index (χ0v) is 18.0. The van der Waals surface area contributed by atoms with Gasteiger partial charge in [0.1, 0.15) is 0 Å². The Morgan fingerprint density at radius 1 is 1.03 bits per heavy atom. The van der Waals surface area contributed by atoms with Crippen molar-refractivity contribution in [2.24, 2.45) is 0 Å². The van der Waals surface area contributed by atoms with Crippen molar-refractivity contribution in [2.75, 3.05) is 23.5 Å². The number of anilines is 2. The summed E-state index contributed by atoms with van der Waals surface area (Å²) in [7, 11) is 1.28. The summed E-state index contributed by atoms with van der Waals surface area (Å²) in [6.07, 6.45) is 3.11. The number of benzene rings is 2. The van der Waals surface area contributed by atoms with Crippen molar-refractivity contribution in [1.82, 2.24) is 10.2 Å². The number of para-hydroxylation sites is 1. The molecule has 0 atom stereocenters. The van der Waals surface area contributed by atoms with E-state index in [1.807, 2.05) is 30.3 Å². The molecule has 0 saturated heterocycles. The van der Waals surface area contributed by atoms with Crippen LogP contribution < -0.4 is 10.6 Å². The zero-order valence-electron chi connectivity index (χ0n) is 16.4. The Morgan fingerprint density at radius 3 is 2.55 bits per heavy atom. The van der Waals surface area contributed by atoms with Gasteiger partial charge in [0.15, 0.2) is 4.34 Å². The molecule has 2 N–H and O–H groups in total. The Hall–Kier alpha value is -3.50. The van der Waals surface area contributed by atoms with Crippen LogP contribution in [-0.2, 0) is 14.3 Å². The second-order valence-corrected chi connectivity index (χ2v) is 8.18. The first-order valence-corrected chi connectivity index (χ1v) is 10.8. The second kappa shape index (κ2) is 11.0. The topological polar surface area (TPSA) is 110 Å². The van der Waals surface area contributed by atoms with Crippen molar-refractivity contribution in [1.29, 1.82) is 0 Å². The minimum atomic E-state index is -0.533. The van der Waals surface area contributed by atoms with E-state index in [9.17, 15) is 14.4 Å². The molecule has 0 fully saturated rings. The fourth-order valence-corrected chi connectivity index (χ4v) is 3.95. The standard InChI is InChI=1S/C21H18N4O4S2/c1-29-19(28)15-9-5-6-10-16(15)22-18(27)13-30-21-25-24-20(31-21)23-17(26)12-11-14-7-3-2-4-8-14/h2-12H,13H2,1H3,(H,22,27)(H,23,24,26)/b12-11+. The number of nitrogens with one attached hydrogen (secondary N) is 2. The molecule has 8 nitrogen and oxygen atoms in total. The minimum absolute atomic E-state index is 0.0615. The van der Waals surface area contributed by atoms with Gasteiger partial charge in [-0.15, -0.1) is 10.2 Å². The van der Waals surface area contributed by atoms with Crippen LogP contribution in [0.3, 0.4) is 0 Å². The van der Waals surface area contributed by atoms with E-state index in [1.54, 1.807) is 30.3 Å². The minimum Gasteiger partial charge on any atom is -0.465 e. The first-order valence-electron chi connectivity index (χ1n) is 9.03. The van der Waals surface area contributed by atoms with E-state index < -0.39 is 5.97 Å². The maximum absolute atomic E-state index is 12.2. The van der Waals surface area contributed by atoms with Gasteiger partial charge in [-0.05, 0) is 23.8 Å². The molecule has 1 heterocycles. The first-order chi connectivity index (χ1) is 15.0. The van der Waals surface area contributed by atoms with Gasteiger partial charge >= 0.3 is 5.97 Å². The molecule has 0 aliphatic heterocycles. The number of carbonyl (C=O) groups is 3. The second-order valence-electron chi connectivity index (χ2n) is 5.98. The molecule has 0 saturated carbocycles. The molecule has 0 radical (unpaired) electrons. The van der Waals surface area contributed by atoms with Crippen LogP contribution in [0.5, 0.6) is 0 Å². The Bertz CT molecular complexity index is 1100. The molecule has 0 spiro atoms. The van der Waals surface area contributed by atoms with E-state index in [-0.39, 0.29) is 23.1 Å². The number of hydrogen-bond donors (Lipinski definition) is 2. The van der Waals surface area contributed by atoms with Crippen molar-refractivity contribution >= 4 is 57.8 Å². The van der Waals surface area contributed by atoms with E-state index in [0.29, 0.717) is 15.2 Å². The van der Waals surface area contributed by atoms with Crippen LogP contribution in [0.1, 0.15) is 15.9 Å². The predicted octanol–water partition coefficient (Wildman–Crippen LogP) is 3.71. The molecule has 1 aromatic heterocycles. The van der Waals surface area contributed by atoms with Gasteiger partial charge in [0.2, 0.25) is 16.9 Å². The summed E-state index contributed by atoms with van der Waals surface area (Å²) in [5, 5.41) is 13.5. The molecular formula is C21H18N4O4S2. The molecule has 3 aromatic rings. The monoisotopic (exact) mass is 454 g/mol. The summed E-state index contributed by atoms with van der Waals surface area (Å²) in [4.78, 5) is 36.0. The lowest BCUT2D eigenvalue weighted by Crippen LogP contribution is -2.17. The average Bonchev–Trinajstić information content (AvgIpc) is 3.24. The van der Waals surface area contributed by atoms with Gasteiger partial charge in [0, 0.05) is 6.08 Å². The number of rotatable bonds is 8. The highest BCUT2D eigenvalue weighted by molar-refractivity contribution is 8.01. The summed E-state index contributed by atoms with van der Waals surface area (Å²) in [5.41, 5.74) is 1.55. The largest absolute Gasteiger partial charge is 0.465 e. The predicted molar refractivity (Wildman–Crippen MR) is 121 cm³/mol. The SMILES string of the molecule is COC(=O)c1ccccc1NC(=O)CSc1nnc(NC(=O)/C=C/c2ccccc2)s1. The summed E-state index contributed by atoms with van der Waals surface area (Å²) < 4.78 is 5.24. The third-order valence-electron chi connectivity index (χ3n) is 3.80. The number of esters is 1. The number of methoxy groups -OCH3 is 1. The van der Waals surface area contributed by atoms with E-state index in [0.717, 1.165) is 16.9 Å². The van der Waals surface area contributed by atoms with Gasteiger partial charge in [-0.2, -0.15) is 0 Å². The maximum Gasteiger partial charge on any atom is 0.339 e. The molecular weight excluding hydrogens is 436 g/mol. The highest BCUT2D eigenvalue weighted by Crippen LogP contribution is 2.26. The molecule has 0 bridgehead atoms. The molecule has 0 aliphatic rings. The third-order valence-corrected chi connectivity index (χ3v) is 5.77. The number of aromatic nitrogens is 2. The molecule has 3 rings (SSSR count). The molecule has 10 heteroatoms. The maximum atomic E-state index is 12.2. The van der Waals surface area contributed by atoms with Crippen LogP contribution in [0, 0.1) is 0 Å². The van der Waals surface area contributed by atoms with Crippen LogP contribution in [0.4, 0.5) is 10.8 Å². The summed E-state index contributed by atoms with van der Waals surface area (Å²) in [6, 6.07) is 16.0. The number of hydrogen-bond acceptors (Lipinski definition) is 8. The lowest BCUT2D eigenvalue weighted by atomic mass is 10.2. The van der Waals surface area contributed by atoms with Crippen molar-refractivity contribution in [3.8, 4) is 0 Å². The van der Waals surface area contributed by atoms with Gasteiger partial charge in [-0.1, -0.05) is 65.6 Å². The quantitative estimate of drug-likeness (QED) is 0.231. The summed E-state index contributed by atoms with van der Waals surface area (Å²) in [5.74, 6) is -1.11. The van der Waals surface area contributed by atoms with Gasteiger partial charge < -0.3 is 10.1 Å².